The Kier molecular flexibility index (Phi) is 3.58. The van der Waals surface area contributed by atoms with Gasteiger partial charge in [0.25, 0.3) is 0 Å². The van der Waals surface area contributed by atoms with Crippen LogP contribution in [0.5, 0.6) is 11.8 Å². The van der Waals surface area contributed by atoms with Crippen molar-refractivity contribution in [3.63, 3.8) is 0 Å². The first-order valence-electron chi connectivity index (χ1n) is 5.39. The number of thioether (sulfide) groups is 1. The predicted molar refractivity (Wildman–Crippen MR) is 67.2 cm³/mol. The Labute approximate surface area is 104 Å². The van der Waals surface area contributed by atoms with E-state index in [2.05, 4.69) is 4.98 Å². The summed E-state index contributed by atoms with van der Waals surface area (Å²) < 4.78 is 1.50. The van der Waals surface area contributed by atoms with Gasteiger partial charge >= 0.3 is 0 Å². The van der Waals surface area contributed by atoms with Crippen LogP contribution in [-0.2, 0) is 0 Å². The Bertz CT molecular complexity index is 465. The number of rotatable bonds is 4. The summed E-state index contributed by atoms with van der Waals surface area (Å²) in [6.45, 7) is 2.00. The van der Waals surface area contributed by atoms with Crippen molar-refractivity contribution < 1.29 is 10.2 Å². The summed E-state index contributed by atoms with van der Waals surface area (Å²) in [6, 6.07) is 8.64. The number of hydrogen-bond donors (Lipinski definition) is 2. The molecule has 0 saturated heterocycles. The molecular formula is C12H14N2O2S. The zero-order valence-electron chi connectivity index (χ0n) is 9.45. The molecule has 2 heterocycles. The number of aromatic nitrogens is 2. The normalized spacial score (nSPS) is 12.5. The minimum absolute atomic E-state index is 0.0674. The molecule has 2 rings (SSSR count). The maximum atomic E-state index is 9.68. The van der Waals surface area contributed by atoms with E-state index in [9.17, 15) is 10.2 Å². The molecule has 1 atom stereocenters. The summed E-state index contributed by atoms with van der Waals surface area (Å²) in [5.74, 6) is 0.135. The minimum Gasteiger partial charge on any atom is -0.494 e. The maximum Gasteiger partial charge on any atom is 0.194 e. The first-order valence-corrected chi connectivity index (χ1v) is 6.27. The zero-order chi connectivity index (χ0) is 12.3. The highest BCUT2D eigenvalue weighted by Crippen LogP contribution is 2.38. The molecule has 0 aliphatic rings. The highest BCUT2D eigenvalue weighted by atomic mass is 32.2. The van der Waals surface area contributed by atoms with Crippen LogP contribution in [0.1, 0.15) is 18.7 Å². The number of hydrogen-bond acceptors (Lipinski definition) is 4. The highest BCUT2D eigenvalue weighted by molar-refractivity contribution is 7.99. The monoisotopic (exact) mass is 250 g/mol. The van der Waals surface area contributed by atoms with Gasteiger partial charge in [-0.3, -0.25) is 4.57 Å². The largest absolute Gasteiger partial charge is 0.494 e. The molecule has 1 unspecified atom stereocenters. The van der Waals surface area contributed by atoms with E-state index in [1.54, 1.807) is 6.20 Å². The third-order valence-corrected chi connectivity index (χ3v) is 3.71. The maximum absolute atomic E-state index is 9.68. The fourth-order valence-corrected chi connectivity index (χ4v) is 2.64. The summed E-state index contributed by atoms with van der Waals surface area (Å²) >= 11 is 1.51. The Morgan fingerprint density at radius 1 is 1.24 bits per heavy atom. The molecule has 0 radical (unpaired) electrons. The number of nitrogens with zero attached hydrogens (tertiary/aromatic N) is 2. The van der Waals surface area contributed by atoms with E-state index in [-0.39, 0.29) is 17.1 Å². The summed E-state index contributed by atoms with van der Waals surface area (Å²) in [6.07, 6.45) is 2.50. The van der Waals surface area contributed by atoms with Gasteiger partial charge in [-0.2, -0.15) is 0 Å². The second kappa shape index (κ2) is 5.14. The standard InChI is InChI=1S/C12H14N2O2S/c1-2-12(14-10(15)6-7-11(14)16)17-9-5-3-4-8-13-9/h3-8,12,15-16H,2H2,1H3. The second-order valence-electron chi connectivity index (χ2n) is 3.57. The van der Waals surface area contributed by atoms with Gasteiger partial charge in [-0.25, -0.2) is 4.98 Å². The lowest BCUT2D eigenvalue weighted by atomic mass is 10.4. The third kappa shape index (κ3) is 2.55. The van der Waals surface area contributed by atoms with Gasteiger partial charge in [0.15, 0.2) is 11.8 Å². The molecule has 2 aromatic rings. The first-order chi connectivity index (χ1) is 8.22. The average molecular weight is 250 g/mol. The molecule has 90 valence electrons. The average Bonchev–Trinajstić information content (AvgIpc) is 2.68. The predicted octanol–water partition coefficient (Wildman–Crippen LogP) is 3.00. The van der Waals surface area contributed by atoms with Crippen LogP contribution < -0.4 is 0 Å². The Balaban J connectivity index is 2.23. The number of aromatic hydroxyl groups is 2. The van der Waals surface area contributed by atoms with E-state index in [1.165, 1.54) is 28.5 Å². The van der Waals surface area contributed by atoms with Gasteiger partial charge in [0.05, 0.1) is 10.4 Å². The Hall–Kier alpha value is -1.62. The zero-order valence-corrected chi connectivity index (χ0v) is 10.3. The van der Waals surface area contributed by atoms with Crippen molar-refractivity contribution in [3.8, 4) is 11.8 Å². The van der Waals surface area contributed by atoms with Crippen molar-refractivity contribution in [1.29, 1.82) is 0 Å². The van der Waals surface area contributed by atoms with Gasteiger partial charge in [-0.15, -0.1) is 0 Å². The van der Waals surface area contributed by atoms with Gasteiger partial charge < -0.3 is 10.2 Å². The summed E-state index contributed by atoms with van der Waals surface area (Å²) in [7, 11) is 0. The van der Waals surface area contributed by atoms with Crippen LogP contribution in [0.4, 0.5) is 0 Å². The van der Waals surface area contributed by atoms with E-state index in [4.69, 9.17) is 0 Å². The van der Waals surface area contributed by atoms with Crippen LogP contribution in [0.3, 0.4) is 0 Å². The van der Waals surface area contributed by atoms with Crippen molar-refractivity contribution in [1.82, 2.24) is 9.55 Å². The minimum atomic E-state index is -0.0695. The Morgan fingerprint density at radius 3 is 2.47 bits per heavy atom. The topological polar surface area (TPSA) is 58.3 Å². The smallest absolute Gasteiger partial charge is 0.194 e. The SMILES string of the molecule is CCC(Sc1ccccn1)n1c(O)ccc1O. The first kappa shape index (κ1) is 11.9. The van der Waals surface area contributed by atoms with Crippen molar-refractivity contribution >= 4 is 11.8 Å². The van der Waals surface area contributed by atoms with E-state index in [0.717, 1.165) is 11.4 Å². The molecule has 0 aliphatic carbocycles. The van der Waals surface area contributed by atoms with Crippen molar-refractivity contribution in [2.45, 2.75) is 23.7 Å². The van der Waals surface area contributed by atoms with Gasteiger partial charge in [0, 0.05) is 18.3 Å². The van der Waals surface area contributed by atoms with Crippen molar-refractivity contribution in [2.24, 2.45) is 0 Å². The van der Waals surface area contributed by atoms with Crippen molar-refractivity contribution in [3.05, 3.63) is 36.5 Å². The molecule has 0 bridgehead atoms. The van der Waals surface area contributed by atoms with Crippen LogP contribution in [0.2, 0.25) is 0 Å². The second-order valence-corrected chi connectivity index (χ2v) is 4.77. The molecule has 0 aliphatic heterocycles. The quantitative estimate of drug-likeness (QED) is 0.819. The molecule has 0 amide bonds. The van der Waals surface area contributed by atoms with Crippen LogP contribution in [-0.4, -0.2) is 19.8 Å². The molecule has 4 nitrogen and oxygen atoms in total. The van der Waals surface area contributed by atoms with Crippen LogP contribution >= 0.6 is 11.8 Å². The van der Waals surface area contributed by atoms with Crippen LogP contribution in [0.25, 0.3) is 0 Å². The summed E-state index contributed by atoms with van der Waals surface area (Å²) in [5, 5.41) is 20.2. The van der Waals surface area contributed by atoms with E-state index in [0.29, 0.717) is 0 Å². The lowest BCUT2D eigenvalue weighted by molar-refractivity contribution is 0.363. The molecule has 2 aromatic heterocycles. The summed E-state index contributed by atoms with van der Waals surface area (Å²) in [5.41, 5.74) is 0. The molecular weight excluding hydrogens is 236 g/mol. The van der Waals surface area contributed by atoms with Gasteiger partial charge in [0.2, 0.25) is 0 Å². The molecule has 0 saturated carbocycles. The molecule has 2 N–H and O–H groups in total. The van der Waals surface area contributed by atoms with Gasteiger partial charge in [0.1, 0.15) is 0 Å². The lowest BCUT2D eigenvalue weighted by Crippen LogP contribution is -2.03. The number of pyridine rings is 1. The highest BCUT2D eigenvalue weighted by Gasteiger charge is 2.17. The third-order valence-electron chi connectivity index (χ3n) is 2.41. The molecule has 0 spiro atoms. The van der Waals surface area contributed by atoms with Gasteiger partial charge in [-0.05, 0) is 18.6 Å². The molecule has 17 heavy (non-hydrogen) atoms. The van der Waals surface area contributed by atoms with E-state index >= 15 is 0 Å². The fourth-order valence-electron chi connectivity index (χ4n) is 1.60. The van der Waals surface area contributed by atoms with Gasteiger partial charge in [-0.1, -0.05) is 24.8 Å². The van der Waals surface area contributed by atoms with Crippen LogP contribution in [0.15, 0.2) is 41.6 Å². The summed E-state index contributed by atoms with van der Waals surface area (Å²) in [4.78, 5) is 4.22. The van der Waals surface area contributed by atoms with E-state index in [1.807, 2.05) is 25.1 Å². The van der Waals surface area contributed by atoms with Crippen LogP contribution in [0, 0.1) is 0 Å². The lowest BCUT2D eigenvalue weighted by Gasteiger charge is -2.17. The van der Waals surface area contributed by atoms with E-state index < -0.39 is 0 Å². The molecule has 5 heteroatoms. The van der Waals surface area contributed by atoms with Crippen molar-refractivity contribution in [2.75, 3.05) is 0 Å². The fraction of sp³-hybridized carbons (Fsp3) is 0.250. The molecule has 0 fully saturated rings. The Morgan fingerprint density at radius 2 is 1.94 bits per heavy atom. The molecule has 0 aromatic carbocycles.